The predicted molar refractivity (Wildman–Crippen MR) is 52.4 cm³/mol. The Hall–Kier alpha value is -0.240. The number of aliphatic hydroxyl groups excluding tert-OH is 3. The molecule has 2 aliphatic rings. The van der Waals surface area contributed by atoms with Gasteiger partial charge in [0.2, 0.25) is 0 Å². The summed E-state index contributed by atoms with van der Waals surface area (Å²) >= 11 is 0. The minimum Gasteiger partial charge on any atom is -0.389 e. The lowest BCUT2D eigenvalue weighted by molar-refractivity contribution is -0.175. The van der Waals surface area contributed by atoms with Crippen molar-refractivity contribution in [1.29, 1.82) is 0 Å². The molecule has 0 aromatic rings. The Morgan fingerprint density at radius 2 is 1.62 bits per heavy atom. The minimum atomic E-state index is -1.54. The van der Waals surface area contributed by atoms with Gasteiger partial charge in [0.05, 0.1) is 6.10 Å². The van der Waals surface area contributed by atoms with E-state index in [0.717, 1.165) is 0 Å². The summed E-state index contributed by atoms with van der Waals surface area (Å²) in [5.74, 6) is 0. The van der Waals surface area contributed by atoms with Crippen LogP contribution in [0.15, 0.2) is 0 Å². The highest BCUT2D eigenvalue weighted by Gasteiger charge is 2.77. The van der Waals surface area contributed by atoms with Crippen molar-refractivity contribution in [3.63, 3.8) is 0 Å². The molecule has 16 heavy (non-hydrogen) atoms. The number of hydrogen-bond acceptors (Lipinski definition) is 6. The monoisotopic (exact) mass is 234 g/mol. The van der Waals surface area contributed by atoms with E-state index in [1.54, 1.807) is 13.8 Å². The van der Waals surface area contributed by atoms with E-state index in [0.29, 0.717) is 0 Å². The van der Waals surface area contributed by atoms with E-state index in [1.807, 2.05) is 0 Å². The molecule has 6 nitrogen and oxygen atoms in total. The second-order valence-corrected chi connectivity index (χ2v) is 5.09. The number of rotatable bonds is 2. The smallest absolute Gasteiger partial charge is 0.186 e. The average Bonchev–Trinajstić information content (AvgIpc) is 2.54. The SMILES string of the molecule is CO[C@@H]1O[C@@H]([C@]2(O)C(O)C2(C)C)[C@H](O)[C@H]1O. The van der Waals surface area contributed by atoms with Crippen LogP contribution >= 0.6 is 0 Å². The fourth-order valence-corrected chi connectivity index (χ4v) is 2.47. The van der Waals surface area contributed by atoms with Crippen LogP contribution in [0, 0.1) is 5.41 Å². The van der Waals surface area contributed by atoms with Crippen LogP contribution in [0.5, 0.6) is 0 Å². The van der Waals surface area contributed by atoms with Crippen LogP contribution in [0.4, 0.5) is 0 Å². The van der Waals surface area contributed by atoms with E-state index in [9.17, 15) is 20.4 Å². The van der Waals surface area contributed by atoms with Crippen LogP contribution in [0.3, 0.4) is 0 Å². The Labute approximate surface area is 93.4 Å². The van der Waals surface area contributed by atoms with Gasteiger partial charge in [-0.1, -0.05) is 13.8 Å². The Morgan fingerprint density at radius 1 is 1.12 bits per heavy atom. The fourth-order valence-electron chi connectivity index (χ4n) is 2.47. The van der Waals surface area contributed by atoms with Crippen molar-refractivity contribution in [1.82, 2.24) is 0 Å². The van der Waals surface area contributed by atoms with Gasteiger partial charge < -0.3 is 29.9 Å². The van der Waals surface area contributed by atoms with E-state index in [4.69, 9.17) is 9.47 Å². The van der Waals surface area contributed by atoms with Crippen LogP contribution in [-0.2, 0) is 9.47 Å². The lowest BCUT2D eigenvalue weighted by atomic mass is 9.97. The quantitative estimate of drug-likeness (QED) is 0.450. The molecule has 0 amide bonds. The number of hydrogen-bond donors (Lipinski definition) is 4. The number of aliphatic hydroxyl groups is 4. The maximum atomic E-state index is 10.2. The van der Waals surface area contributed by atoms with Crippen molar-refractivity contribution in [2.24, 2.45) is 5.41 Å². The van der Waals surface area contributed by atoms with E-state index >= 15 is 0 Å². The third-order valence-corrected chi connectivity index (χ3v) is 3.94. The zero-order chi connectivity index (χ0) is 12.3. The molecule has 6 atom stereocenters. The second kappa shape index (κ2) is 3.38. The van der Waals surface area contributed by atoms with Crippen molar-refractivity contribution in [2.45, 2.75) is 50.2 Å². The van der Waals surface area contributed by atoms with Crippen molar-refractivity contribution in [2.75, 3.05) is 7.11 Å². The summed E-state index contributed by atoms with van der Waals surface area (Å²) in [7, 11) is 1.33. The van der Waals surface area contributed by atoms with E-state index in [2.05, 4.69) is 0 Å². The van der Waals surface area contributed by atoms with Crippen molar-refractivity contribution in [3.8, 4) is 0 Å². The zero-order valence-electron chi connectivity index (χ0n) is 9.49. The molecule has 94 valence electrons. The molecule has 2 fully saturated rings. The highest BCUT2D eigenvalue weighted by Crippen LogP contribution is 2.60. The van der Waals surface area contributed by atoms with Gasteiger partial charge in [0, 0.05) is 12.5 Å². The molecular weight excluding hydrogens is 216 g/mol. The van der Waals surface area contributed by atoms with Gasteiger partial charge in [-0.15, -0.1) is 0 Å². The first-order valence-corrected chi connectivity index (χ1v) is 5.23. The van der Waals surface area contributed by atoms with Gasteiger partial charge in [-0.25, -0.2) is 0 Å². The molecule has 0 aromatic carbocycles. The maximum Gasteiger partial charge on any atom is 0.186 e. The highest BCUT2D eigenvalue weighted by molar-refractivity contribution is 5.26. The second-order valence-electron chi connectivity index (χ2n) is 5.09. The molecule has 4 N–H and O–H groups in total. The van der Waals surface area contributed by atoms with Crippen LogP contribution in [0.2, 0.25) is 0 Å². The van der Waals surface area contributed by atoms with Gasteiger partial charge in [0.25, 0.3) is 0 Å². The summed E-state index contributed by atoms with van der Waals surface area (Å²) < 4.78 is 10.1. The molecule has 1 unspecified atom stereocenters. The zero-order valence-corrected chi connectivity index (χ0v) is 9.49. The third kappa shape index (κ3) is 1.23. The molecule has 1 saturated carbocycles. The first kappa shape index (κ1) is 12.2. The maximum absolute atomic E-state index is 10.2. The Kier molecular flexibility index (Phi) is 2.58. The minimum absolute atomic E-state index is 0.763. The summed E-state index contributed by atoms with van der Waals surface area (Å²) in [6.07, 6.45) is -5.50. The van der Waals surface area contributed by atoms with Crippen LogP contribution in [0.25, 0.3) is 0 Å². The molecule has 1 heterocycles. The fraction of sp³-hybridized carbons (Fsp3) is 1.00. The van der Waals surface area contributed by atoms with E-state index in [-0.39, 0.29) is 0 Å². The van der Waals surface area contributed by atoms with Crippen LogP contribution in [-0.4, -0.2) is 63.8 Å². The molecule has 0 spiro atoms. The number of methoxy groups -OCH3 is 1. The van der Waals surface area contributed by atoms with Gasteiger partial charge in [-0.3, -0.25) is 0 Å². The van der Waals surface area contributed by atoms with Crippen molar-refractivity contribution < 1.29 is 29.9 Å². The third-order valence-electron chi connectivity index (χ3n) is 3.94. The van der Waals surface area contributed by atoms with Gasteiger partial charge in [0.1, 0.15) is 23.9 Å². The lowest BCUT2D eigenvalue weighted by Gasteiger charge is -2.23. The normalized spacial score (nSPS) is 55.3. The van der Waals surface area contributed by atoms with Gasteiger partial charge in [-0.05, 0) is 0 Å². The van der Waals surface area contributed by atoms with Gasteiger partial charge in [0.15, 0.2) is 6.29 Å². The molecular formula is C10H18O6. The Morgan fingerprint density at radius 3 is 1.94 bits per heavy atom. The van der Waals surface area contributed by atoms with Crippen LogP contribution in [0.1, 0.15) is 13.8 Å². The standard InChI is InChI=1S/C10H18O6/c1-9(2)8(13)10(9,14)6-4(11)5(12)7(15-3)16-6/h4-8,11-14H,1-3H3/t4-,5-,6-,7-,8?,10+/m1/s1. The van der Waals surface area contributed by atoms with Gasteiger partial charge >= 0.3 is 0 Å². The summed E-state index contributed by atoms with van der Waals surface area (Å²) in [4.78, 5) is 0. The molecule has 1 saturated heterocycles. The molecule has 6 heteroatoms. The van der Waals surface area contributed by atoms with E-state index < -0.39 is 41.7 Å². The first-order valence-electron chi connectivity index (χ1n) is 5.23. The van der Waals surface area contributed by atoms with Crippen molar-refractivity contribution in [3.05, 3.63) is 0 Å². The molecule has 1 aliphatic carbocycles. The van der Waals surface area contributed by atoms with Gasteiger partial charge in [-0.2, -0.15) is 0 Å². The van der Waals surface area contributed by atoms with Crippen molar-refractivity contribution >= 4 is 0 Å². The predicted octanol–water partition coefficient (Wildman–Crippen LogP) is -1.79. The highest BCUT2D eigenvalue weighted by atomic mass is 16.7. The Bertz CT molecular complexity index is 293. The summed E-state index contributed by atoms with van der Waals surface area (Å²) in [6, 6.07) is 0. The molecule has 0 bridgehead atoms. The Balaban J connectivity index is 2.19. The number of ether oxygens (including phenoxy) is 2. The summed E-state index contributed by atoms with van der Waals surface area (Å²) in [5.41, 5.74) is -2.30. The molecule has 0 radical (unpaired) electrons. The van der Waals surface area contributed by atoms with Crippen LogP contribution < -0.4 is 0 Å². The first-order chi connectivity index (χ1) is 7.28. The lowest BCUT2D eigenvalue weighted by Crippen LogP contribution is -2.44. The average molecular weight is 234 g/mol. The topological polar surface area (TPSA) is 99.4 Å². The molecule has 1 aliphatic heterocycles. The van der Waals surface area contributed by atoms with E-state index in [1.165, 1.54) is 7.11 Å². The largest absolute Gasteiger partial charge is 0.389 e. The summed E-state index contributed by atoms with van der Waals surface area (Å²) in [6.45, 7) is 3.33. The summed E-state index contributed by atoms with van der Waals surface area (Å²) in [5, 5.41) is 39.2. The molecule has 0 aromatic heterocycles. The molecule has 2 rings (SSSR count).